The Morgan fingerprint density at radius 1 is 0.267 bits per heavy atom. The summed E-state index contributed by atoms with van der Waals surface area (Å²) in [6, 6.07) is 72.7. The van der Waals surface area contributed by atoms with Crippen molar-refractivity contribution >= 4 is 43.6 Å². The van der Waals surface area contributed by atoms with Crippen LogP contribution in [0.5, 0.6) is 0 Å². The molecule has 0 atom stereocenters. The molecule has 0 unspecified atom stereocenters. The molecule has 86 heavy (non-hydrogen) atoms. The summed E-state index contributed by atoms with van der Waals surface area (Å²) in [6.45, 7) is 0. The molecule has 0 saturated carbocycles. The smallest absolute Gasteiger partial charge is 0.309 e. The lowest BCUT2D eigenvalue weighted by atomic mass is 9.85. The van der Waals surface area contributed by atoms with Crippen LogP contribution in [0.1, 0.15) is 38.9 Å². The molecule has 0 saturated heterocycles. The van der Waals surface area contributed by atoms with Crippen LogP contribution in [0.2, 0.25) is 0 Å². The van der Waals surface area contributed by atoms with Gasteiger partial charge in [0.05, 0.1) is 103 Å². The third-order valence-electron chi connectivity index (χ3n) is 15.8. The third-order valence-corrected chi connectivity index (χ3v) is 15.8. The van der Waals surface area contributed by atoms with Gasteiger partial charge in [-0.3, -0.25) is 0 Å². The van der Waals surface area contributed by atoms with E-state index in [-0.39, 0.29) is 28.1 Å². The van der Waals surface area contributed by atoms with Gasteiger partial charge in [-0.15, -0.1) is 0 Å². The number of hydrogen-bond donors (Lipinski definition) is 0. The highest BCUT2D eigenvalue weighted by atomic mass is 19.4. The highest BCUT2D eigenvalue weighted by molar-refractivity contribution is 6.15. The normalized spacial score (nSPS) is 11.5. The molecule has 0 fully saturated rings. The molecule has 406 valence electrons. The molecule has 0 bridgehead atoms. The lowest BCUT2D eigenvalue weighted by Crippen LogP contribution is -2.15. The molecular weight excluding hydrogens is 1090 g/mol. The van der Waals surface area contributed by atoms with E-state index in [9.17, 15) is 26.3 Å². The van der Waals surface area contributed by atoms with Gasteiger partial charge in [0.2, 0.25) is 0 Å². The standard InChI is InChI=1S/C73H37F6N7/c74-72(75,76)61-22-11-23-62(73(77,78)79)70(61)56-21-10-25-68(86-65-32-28-45(54-19-7-3-14-49(54)40-82)36-59(65)60-37-46(29-33-66(60)86)55-20-8-4-15-50(55)41-83)71(56)69-51(42-84)16-9-24-67(69)85-63-30-26-43(52-17-5-1-12-47(52)38-80)34-57(63)58-35-44(27-31-64(58)85)53-18-6-2-13-48(53)39-81/h1-37H. The van der Waals surface area contributed by atoms with Crippen LogP contribution in [0.3, 0.4) is 0 Å². The van der Waals surface area contributed by atoms with Crippen molar-refractivity contribution in [1.82, 2.24) is 9.13 Å². The fraction of sp³-hybridized carbons (Fsp3) is 0.0274. The predicted octanol–water partition coefficient (Wildman–Crippen LogP) is 19.3. The summed E-state index contributed by atoms with van der Waals surface area (Å²) in [5.74, 6) is 0. The second-order valence-corrected chi connectivity index (χ2v) is 20.5. The Labute approximate surface area is 487 Å². The van der Waals surface area contributed by atoms with Crippen molar-refractivity contribution in [1.29, 1.82) is 26.3 Å². The van der Waals surface area contributed by atoms with E-state index in [0.717, 1.165) is 6.07 Å². The van der Waals surface area contributed by atoms with Crippen molar-refractivity contribution in [2.75, 3.05) is 0 Å². The minimum absolute atomic E-state index is 0.00329. The number of fused-ring (bicyclic) bond motifs is 6. The maximum absolute atomic E-state index is 15.8. The molecule has 13 heteroatoms. The monoisotopic (exact) mass is 1130 g/mol. The second kappa shape index (κ2) is 20.8. The van der Waals surface area contributed by atoms with Crippen molar-refractivity contribution in [2.45, 2.75) is 12.4 Å². The van der Waals surface area contributed by atoms with Crippen LogP contribution in [-0.2, 0) is 12.4 Å². The molecule has 0 aliphatic carbocycles. The van der Waals surface area contributed by atoms with Gasteiger partial charge in [0.25, 0.3) is 0 Å². The SMILES string of the molecule is N#Cc1ccccc1-c1ccc2c(c1)c1cc(-c3ccccc3C#N)ccc1n2-c1cccc(C#N)c1-c1c(-c2c(C(F)(F)F)cccc2C(F)(F)F)cccc1-n1c2ccc(-c3ccccc3C#N)cc2c2cc(-c3ccccc3C#N)ccc21. The maximum Gasteiger partial charge on any atom is 0.417 e. The lowest BCUT2D eigenvalue weighted by Gasteiger charge is -2.25. The Balaban J connectivity index is 1.20. The largest absolute Gasteiger partial charge is 0.417 e. The Morgan fingerprint density at radius 3 is 0.872 bits per heavy atom. The van der Waals surface area contributed by atoms with Gasteiger partial charge in [-0.05, 0) is 153 Å². The number of aromatic nitrogens is 2. The number of hydrogen-bond acceptors (Lipinski definition) is 5. The van der Waals surface area contributed by atoms with Crippen molar-refractivity contribution in [3.05, 3.63) is 263 Å². The summed E-state index contributed by atoms with van der Waals surface area (Å²) in [5, 5.41) is 55.0. The Morgan fingerprint density at radius 2 is 0.547 bits per heavy atom. The minimum Gasteiger partial charge on any atom is -0.309 e. The molecule has 0 radical (unpaired) electrons. The van der Waals surface area contributed by atoms with Crippen LogP contribution in [0.15, 0.2) is 224 Å². The zero-order valence-corrected chi connectivity index (χ0v) is 44.8. The Hall–Kier alpha value is -12.0. The molecule has 0 N–H and O–H groups in total. The van der Waals surface area contributed by atoms with Crippen LogP contribution in [0.4, 0.5) is 26.3 Å². The average Bonchev–Trinajstić information content (AvgIpc) is 1.53. The summed E-state index contributed by atoms with van der Waals surface area (Å²) < 4.78 is 98.3. The fourth-order valence-corrected chi connectivity index (χ4v) is 12.2. The number of nitriles is 5. The zero-order chi connectivity index (χ0) is 59.6. The van der Waals surface area contributed by atoms with Crippen molar-refractivity contribution in [3.8, 4) is 108 Å². The molecule has 7 nitrogen and oxygen atoms in total. The fourth-order valence-electron chi connectivity index (χ4n) is 12.2. The first-order valence-corrected chi connectivity index (χ1v) is 26.8. The van der Waals surface area contributed by atoms with E-state index in [4.69, 9.17) is 0 Å². The van der Waals surface area contributed by atoms with Crippen LogP contribution in [0.25, 0.3) is 122 Å². The first-order chi connectivity index (χ1) is 41.7. The van der Waals surface area contributed by atoms with Gasteiger partial charge in [0.1, 0.15) is 0 Å². The average molecular weight is 1130 g/mol. The number of halogens is 6. The van der Waals surface area contributed by atoms with Crippen LogP contribution >= 0.6 is 0 Å². The molecule has 13 rings (SSSR count). The van der Waals surface area contributed by atoms with Crippen LogP contribution < -0.4 is 0 Å². The molecule has 0 aliphatic rings. The number of benzene rings is 11. The van der Waals surface area contributed by atoms with Gasteiger partial charge in [0.15, 0.2) is 0 Å². The van der Waals surface area contributed by atoms with Gasteiger partial charge in [-0.1, -0.05) is 121 Å². The lowest BCUT2D eigenvalue weighted by molar-refractivity contribution is -0.142. The number of nitrogens with zero attached hydrogens (tertiary/aromatic N) is 7. The summed E-state index contributed by atoms with van der Waals surface area (Å²) in [5.41, 5.74) is 4.00. The van der Waals surface area contributed by atoms with Gasteiger partial charge >= 0.3 is 12.4 Å². The zero-order valence-electron chi connectivity index (χ0n) is 44.8. The molecule has 11 aromatic carbocycles. The molecule has 2 heterocycles. The quantitative estimate of drug-likeness (QED) is 0.140. The van der Waals surface area contributed by atoms with Gasteiger partial charge < -0.3 is 9.13 Å². The van der Waals surface area contributed by atoms with E-state index in [1.54, 1.807) is 120 Å². The number of rotatable bonds is 8. The maximum atomic E-state index is 15.8. The second-order valence-electron chi connectivity index (χ2n) is 20.5. The van der Waals surface area contributed by atoms with Crippen molar-refractivity contribution in [2.24, 2.45) is 0 Å². The van der Waals surface area contributed by atoms with E-state index in [1.165, 1.54) is 18.2 Å². The van der Waals surface area contributed by atoms with Crippen LogP contribution in [0, 0.1) is 56.7 Å². The summed E-state index contributed by atoms with van der Waals surface area (Å²) in [4.78, 5) is 0. The summed E-state index contributed by atoms with van der Waals surface area (Å²) in [6.07, 6.45) is -10.6. The van der Waals surface area contributed by atoms with Gasteiger partial charge in [-0.2, -0.15) is 52.7 Å². The molecular formula is C73H37F6N7. The van der Waals surface area contributed by atoms with Gasteiger partial charge in [-0.25, -0.2) is 0 Å². The molecule has 13 aromatic rings. The van der Waals surface area contributed by atoms with E-state index in [2.05, 4.69) is 30.3 Å². The van der Waals surface area contributed by atoms with E-state index < -0.39 is 34.6 Å². The van der Waals surface area contributed by atoms with Gasteiger partial charge in [0, 0.05) is 38.2 Å². The van der Waals surface area contributed by atoms with E-state index >= 15 is 26.3 Å². The first-order valence-electron chi connectivity index (χ1n) is 26.8. The predicted molar refractivity (Wildman–Crippen MR) is 321 cm³/mol. The Kier molecular flexibility index (Phi) is 12.9. The first kappa shape index (κ1) is 53.4. The highest BCUT2D eigenvalue weighted by Crippen LogP contribution is 2.52. The minimum atomic E-state index is -5.32. The van der Waals surface area contributed by atoms with E-state index in [1.807, 2.05) is 77.4 Å². The molecule has 0 spiro atoms. The summed E-state index contributed by atoms with van der Waals surface area (Å²) in [7, 11) is 0. The molecule has 0 amide bonds. The third kappa shape index (κ3) is 8.74. The molecule has 2 aromatic heterocycles. The number of alkyl halides is 6. The van der Waals surface area contributed by atoms with E-state index in [0.29, 0.717) is 123 Å². The van der Waals surface area contributed by atoms with Crippen molar-refractivity contribution < 1.29 is 26.3 Å². The Bertz CT molecular complexity index is 4980. The summed E-state index contributed by atoms with van der Waals surface area (Å²) >= 11 is 0. The molecule has 0 aliphatic heterocycles. The van der Waals surface area contributed by atoms with Crippen molar-refractivity contribution in [3.63, 3.8) is 0 Å². The van der Waals surface area contributed by atoms with Crippen LogP contribution in [-0.4, -0.2) is 9.13 Å². The topological polar surface area (TPSA) is 129 Å². The highest BCUT2D eigenvalue weighted by Gasteiger charge is 2.42.